The van der Waals surface area contributed by atoms with Crippen LogP contribution in [0.5, 0.6) is 0 Å². The molecule has 1 unspecified atom stereocenters. The third-order valence-corrected chi connectivity index (χ3v) is 8.93. The highest BCUT2D eigenvalue weighted by Gasteiger charge is 2.72. The zero-order valence-corrected chi connectivity index (χ0v) is 21.5. The van der Waals surface area contributed by atoms with E-state index >= 15 is 0 Å². The van der Waals surface area contributed by atoms with E-state index in [0.29, 0.717) is 11.8 Å². The van der Waals surface area contributed by atoms with Gasteiger partial charge in [0.2, 0.25) is 0 Å². The summed E-state index contributed by atoms with van der Waals surface area (Å²) in [5, 5.41) is 0. The van der Waals surface area contributed by atoms with Crippen molar-refractivity contribution in [3.8, 4) is 0 Å². The zero-order valence-electron chi connectivity index (χ0n) is 21.5. The lowest BCUT2D eigenvalue weighted by atomic mass is 9.68. The van der Waals surface area contributed by atoms with Crippen LogP contribution in [0.2, 0.25) is 0 Å². The monoisotopic (exact) mass is 480 g/mol. The molecule has 0 aromatic rings. The van der Waals surface area contributed by atoms with Crippen molar-refractivity contribution >= 4 is 6.09 Å². The number of likely N-dealkylation sites (tertiary alicyclic amines) is 1. The fourth-order valence-corrected chi connectivity index (χ4v) is 6.57. The maximum atomic E-state index is 13.0. The average Bonchev–Trinajstić information content (AvgIpc) is 3.70. The summed E-state index contributed by atoms with van der Waals surface area (Å²) in [4.78, 5) is 17.3. The van der Waals surface area contributed by atoms with Crippen LogP contribution in [-0.4, -0.2) is 105 Å². The molecule has 0 bridgehead atoms. The van der Waals surface area contributed by atoms with Crippen molar-refractivity contribution in [2.75, 3.05) is 59.7 Å². The summed E-state index contributed by atoms with van der Waals surface area (Å²) in [6.07, 6.45) is 4.59. The zero-order chi connectivity index (χ0) is 23.9. The van der Waals surface area contributed by atoms with Gasteiger partial charge in [0.15, 0.2) is 0 Å². The van der Waals surface area contributed by atoms with Crippen molar-refractivity contribution in [1.29, 1.82) is 0 Å². The van der Waals surface area contributed by atoms with Gasteiger partial charge in [-0.15, -0.1) is 0 Å². The van der Waals surface area contributed by atoms with Gasteiger partial charge in [-0.3, -0.25) is 4.90 Å². The number of ether oxygens (including phenoxy) is 5. The molecule has 1 amide bonds. The van der Waals surface area contributed by atoms with E-state index in [9.17, 15) is 4.79 Å². The third-order valence-electron chi connectivity index (χ3n) is 8.93. The average molecular weight is 481 g/mol. The molecule has 4 aliphatic heterocycles. The number of carbonyl (C=O) groups is 1. The molecule has 6 atom stereocenters. The first-order valence-corrected chi connectivity index (χ1v) is 13.4. The van der Waals surface area contributed by atoms with Crippen molar-refractivity contribution in [2.24, 2.45) is 17.8 Å². The van der Waals surface area contributed by atoms with Gasteiger partial charge in [0.25, 0.3) is 0 Å². The first-order valence-electron chi connectivity index (χ1n) is 13.4. The molecule has 0 aromatic carbocycles. The fraction of sp³-hybridized carbons (Fsp3) is 0.962. The molecule has 5 rings (SSSR count). The molecule has 34 heavy (non-hydrogen) atoms. The van der Waals surface area contributed by atoms with Gasteiger partial charge in [-0.05, 0) is 57.4 Å². The fourth-order valence-electron chi connectivity index (χ4n) is 6.57. The lowest BCUT2D eigenvalue weighted by Gasteiger charge is -2.44. The summed E-state index contributed by atoms with van der Waals surface area (Å²) >= 11 is 0. The maximum Gasteiger partial charge on any atom is 0.410 e. The van der Waals surface area contributed by atoms with Crippen molar-refractivity contribution in [3.05, 3.63) is 0 Å². The predicted molar refractivity (Wildman–Crippen MR) is 127 cm³/mol. The number of nitrogens with zero attached hydrogens (tertiary/aromatic N) is 2. The molecule has 1 spiro atoms. The first kappa shape index (κ1) is 24.8. The molecule has 0 N–H and O–H groups in total. The lowest BCUT2D eigenvalue weighted by Crippen LogP contribution is -2.57. The Balaban J connectivity index is 1.13. The van der Waals surface area contributed by atoms with Crippen LogP contribution in [-0.2, 0) is 23.7 Å². The number of morpholine rings is 1. The SMILES string of the molecule is CO[C@H]1C([C@@]2(C)O[C@@H]2CCC(C)C)[C@]2(CC[C@H]1OC(=O)N1CC(CCN3CCOCC3)C1)CO2. The largest absolute Gasteiger partial charge is 0.443 e. The van der Waals surface area contributed by atoms with Crippen molar-refractivity contribution in [3.63, 3.8) is 0 Å². The van der Waals surface area contributed by atoms with E-state index in [1.165, 1.54) is 0 Å². The number of amides is 1. The second kappa shape index (κ2) is 9.85. The van der Waals surface area contributed by atoms with Gasteiger partial charge in [-0.1, -0.05) is 13.8 Å². The van der Waals surface area contributed by atoms with Gasteiger partial charge in [-0.25, -0.2) is 4.79 Å². The van der Waals surface area contributed by atoms with Crippen LogP contribution in [0.1, 0.15) is 52.9 Å². The third kappa shape index (κ3) is 4.99. The molecule has 0 aromatic heterocycles. The molecule has 5 aliphatic rings. The van der Waals surface area contributed by atoms with E-state index in [1.54, 1.807) is 7.11 Å². The van der Waals surface area contributed by atoms with Gasteiger partial charge >= 0.3 is 6.09 Å². The molecular weight excluding hydrogens is 436 g/mol. The highest BCUT2D eigenvalue weighted by Crippen LogP contribution is 2.59. The van der Waals surface area contributed by atoms with Crippen LogP contribution in [0.4, 0.5) is 4.79 Å². The summed E-state index contributed by atoms with van der Waals surface area (Å²) < 4.78 is 29.8. The predicted octanol–water partition coefficient (Wildman–Crippen LogP) is 2.93. The molecule has 8 heteroatoms. The number of methoxy groups -OCH3 is 1. The Morgan fingerprint density at radius 1 is 1.18 bits per heavy atom. The molecule has 0 radical (unpaired) electrons. The van der Waals surface area contributed by atoms with E-state index in [1.807, 2.05) is 4.90 Å². The van der Waals surface area contributed by atoms with Crippen LogP contribution in [0, 0.1) is 17.8 Å². The second-order valence-electron chi connectivity index (χ2n) is 11.8. The Bertz CT molecular complexity index is 718. The molecule has 1 aliphatic carbocycles. The van der Waals surface area contributed by atoms with E-state index in [-0.39, 0.29) is 41.5 Å². The highest BCUT2D eigenvalue weighted by atomic mass is 16.6. The summed E-state index contributed by atoms with van der Waals surface area (Å²) in [6.45, 7) is 13.8. The first-order chi connectivity index (χ1) is 16.3. The Morgan fingerprint density at radius 3 is 2.56 bits per heavy atom. The molecule has 4 saturated heterocycles. The molecule has 194 valence electrons. The smallest absolute Gasteiger partial charge is 0.410 e. The number of epoxide rings is 2. The van der Waals surface area contributed by atoms with Crippen molar-refractivity contribution in [1.82, 2.24) is 9.80 Å². The summed E-state index contributed by atoms with van der Waals surface area (Å²) in [6, 6.07) is 0. The van der Waals surface area contributed by atoms with Crippen LogP contribution < -0.4 is 0 Å². The minimum atomic E-state index is -0.265. The quantitative estimate of drug-likeness (QED) is 0.470. The number of hydrogen-bond acceptors (Lipinski definition) is 7. The van der Waals surface area contributed by atoms with Gasteiger partial charge in [0, 0.05) is 33.3 Å². The van der Waals surface area contributed by atoms with Crippen LogP contribution in [0.25, 0.3) is 0 Å². The Kier molecular flexibility index (Phi) is 7.17. The van der Waals surface area contributed by atoms with Gasteiger partial charge in [0.1, 0.15) is 23.4 Å². The minimum absolute atomic E-state index is 0.0892. The maximum absolute atomic E-state index is 13.0. The van der Waals surface area contributed by atoms with E-state index in [2.05, 4.69) is 25.7 Å². The normalized spacial score (nSPS) is 40.4. The van der Waals surface area contributed by atoms with Crippen LogP contribution in [0.3, 0.4) is 0 Å². The molecule has 1 saturated carbocycles. The standard InChI is InChI=1S/C26H44N2O6/c1-18(2)5-6-21-25(3,34-21)23-22(30-4)20(7-9-26(23)17-32-26)33-24(29)28-15-19(16-28)8-10-27-11-13-31-14-12-27/h18-23H,5-17H2,1-4H3/t20-,21-,22-,23?,25+,26+/m1/s1. The Labute approximate surface area is 204 Å². The summed E-state index contributed by atoms with van der Waals surface area (Å²) in [5.41, 5.74) is -0.440. The molecule has 4 heterocycles. The summed E-state index contributed by atoms with van der Waals surface area (Å²) in [7, 11) is 1.74. The molecule has 8 nitrogen and oxygen atoms in total. The van der Waals surface area contributed by atoms with Gasteiger partial charge in [0.05, 0.1) is 31.8 Å². The Morgan fingerprint density at radius 2 is 1.91 bits per heavy atom. The van der Waals surface area contributed by atoms with Crippen LogP contribution >= 0.6 is 0 Å². The van der Waals surface area contributed by atoms with E-state index in [0.717, 1.165) is 84.6 Å². The topological polar surface area (TPSA) is 76.3 Å². The van der Waals surface area contributed by atoms with Gasteiger partial charge < -0.3 is 28.6 Å². The minimum Gasteiger partial charge on any atom is -0.443 e. The highest BCUT2D eigenvalue weighted by molar-refractivity contribution is 5.69. The molecular formula is C26H44N2O6. The van der Waals surface area contributed by atoms with Crippen molar-refractivity contribution < 1.29 is 28.5 Å². The molecule has 5 fully saturated rings. The van der Waals surface area contributed by atoms with E-state index < -0.39 is 0 Å². The lowest BCUT2D eigenvalue weighted by molar-refractivity contribution is -0.124. The van der Waals surface area contributed by atoms with E-state index in [4.69, 9.17) is 23.7 Å². The second-order valence-corrected chi connectivity index (χ2v) is 11.8. The summed E-state index contributed by atoms with van der Waals surface area (Å²) in [5.74, 6) is 1.31. The Hall–Kier alpha value is -0.930. The van der Waals surface area contributed by atoms with Crippen molar-refractivity contribution in [2.45, 2.75) is 82.4 Å². The number of hydrogen-bond donors (Lipinski definition) is 0. The van der Waals surface area contributed by atoms with Gasteiger partial charge in [-0.2, -0.15) is 0 Å². The number of carbonyl (C=O) groups excluding carboxylic acids is 1. The van der Waals surface area contributed by atoms with Crippen LogP contribution in [0.15, 0.2) is 0 Å². The number of rotatable bonds is 9.